The van der Waals surface area contributed by atoms with Crippen LogP contribution in [0.5, 0.6) is 0 Å². The highest BCUT2D eigenvalue weighted by atomic mass is 32.1. The van der Waals surface area contributed by atoms with Gasteiger partial charge in [-0.15, -0.1) is 22.7 Å². The first-order chi connectivity index (χ1) is 30.0. The second-order valence-electron chi connectivity index (χ2n) is 15.9. The number of aromatic nitrogens is 3. The van der Waals surface area contributed by atoms with Crippen molar-refractivity contribution in [3.8, 4) is 60.2 Å². The number of rotatable bonds is 6. The molecule has 0 amide bonds. The Balaban J connectivity index is 0.989. The first kappa shape index (κ1) is 35.7. The van der Waals surface area contributed by atoms with Crippen LogP contribution in [0.2, 0.25) is 0 Å². The number of fused-ring (bicyclic) bond motifs is 6. The minimum Gasteiger partial charge on any atom is -0.309 e. The second-order valence-corrected chi connectivity index (χ2v) is 18.0. The average molecular weight is 816 g/mol. The minimum absolute atomic E-state index is 1.02. The van der Waals surface area contributed by atoms with Gasteiger partial charge in [-0.1, -0.05) is 109 Å². The predicted octanol–water partition coefficient (Wildman–Crippen LogP) is 16.1. The fraction of sp³-hybridized carbons (Fsp3) is 0.0357. The smallest absolute Gasteiger partial charge is 0.124 e. The molecule has 0 fully saturated rings. The maximum absolute atomic E-state index is 5.18. The number of hydrogen-bond donors (Lipinski definition) is 0. The van der Waals surface area contributed by atoms with Gasteiger partial charge in [0, 0.05) is 27.6 Å². The fourth-order valence-corrected chi connectivity index (χ4v) is 11.0. The van der Waals surface area contributed by atoms with E-state index in [9.17, 15) is 0 Å². The molecule has 0 spiro atoms. The molecule has 0 aliphatic heterocycles. The van der Waals surface area contributed by atoms with E-state index in [4.69, 9.17) is 9.97 Å². The Morgan fingerprint density at radius 3 is 1.41 bits per heavy atom. The Morgan fingerprint density at radius 2 is 0.852 bits per heavy atom. The van der Waals surface area contributed by atoms with E-state index in [2.05, 4.69) is 206 Å². The van der Waals surface area contributed by atoms with Gasteiger partial charge in [-0.25, -0.2) is 9.97 Å². The van der Waals surface area contributed by atoms with Crippen LogP contribution >= 0.6 is 22.7 Å². The molecule has 0 aliphatic carbocycles. The van der Waals surface area contributed by atoms with Crippen molar-refractivity contribution in [2.24, 2.45) is 0 Å². The topological polar surface area (TPSA) is 30.7 Å². The molecule has 0 radical (unpaired) electrons. The molecule has 0 unspecified atom stereocenters. The van der Waals surface area contributed by atoms with E-state index in [-0.39, 0.29) is 0 Å². The van der Waals surface area contributed by atoms with Crippen molar-refractivity contribution >= 4 is 75.7 Å². The number of thiazole rings is 2. The van der Waals surface area contributed by atoms with Crippen LogP contribution in [0.25, 0.3) is 113 Å². The lowest BCUT2D eigenvalue weighted by Crippen LogP contribution is -1.94. The summed E-state index contributed by atoms with van der Waals surface area (Å²) in [6.07, 6.45) is 0. The zero-order valence-electron chi connectivity index (χ0n) is 33.6. The zero-order valence-corrected chi connectivity index (χ0v) is 35.2. The molecule has 3 nitrogen and oxygen atoms in total. The largest absolute Gasteiger partial charge is 0.309 e. The summed E-state index contributed by atoms with van der Waals surface area (Å²) in [5.41, 5.74) is 17.6. The predicted molar refractivity (Wildman–Crippen MR) is 261 cm³/mol. The molecule has 5 heteroatoms. The van der Waals surface area contributed by atoms with Crippen LogP contribution in [0.1, 0.15) is 11.1 Å². The Labute approximate surface area is 361 Å². The molecule has 12 rings (SSSR count). The van der Waals surface area contributed by atoms with E-state index in [1.54, 1.807) is 22.7 Å². The Morgan fingerprint density at radius 1 is 0.377 bits per heavy atom. The van der Waals surface area contributed by atoms with E-state index in [1.807, 2.05) is 0 Å². The quantitative estimate of drug-likeness (QED) is 0.167. The van der Waals surface area contributed by atoms with Crippen molar-refractivity contribution in [1.82, 2.24) is 14.5 Å². The van der Waals surface area contributed by atoms with Crippen molar-refractivity contribution in [2.75, 3.05) is 0 Å². The molecule has 9 aromatic carbocycles. The Kier molecular flexibility index (Phi) is 8.34. The summed E-state index contributed by atoms with van der Waals surface area (Å²) >= 11 is 3.52. The summed E-state index contributed by atoms with van der Waals surface area (Å²) in [6, 6.07) is 68.4. The highest BCUT2D eigenvalue weighted by molar-refractivity contribution is 7.22. The maximum atomic E-state index is 5.18. The second kappa shape index (κ2) is 14.2. The van der Waals surface area contributed by atoms with Crippen LogP contribution in [0.4, 0.5) is 0 Å². The summed E-state index contributed by atoms with van der Waals surface area (Å²) in [6.45, 7) is 4.35. The van der Waals surface area contributed by atoms with Gasteiger partial charge >= 0.3 is 0 Å². The first-order valence-electron chi connectivity index (χ1n) is 20.6. The molecule has 0 N–H and O–H groups in total. The van der Waals surface area contributed by atoms with E-state index < -0.39 is 0 Å². The third-order valence-electron chi connectivity index (χ3n) is 12.2. The van der Waals surface area contributed by atoms with Crippen LogP contribution in [-0.2, 0) is 0 Å². The molecule has 3 heterocycles. The SMILES string of the molecule is Cc1ccccc1-c1ccc2nc(-c3ccc4c(c3)c3cc(-c5nc6ccc(-c7ccccc7C)cc6s5)ccc3n4-c3ccc(-c4ccc5ccccc5c4)cc3)sc2c1. The molecular formula is C56H37N3S2. The lowest BCUT2D eigenvalue weighted by Gasteiger charge is -2.10. The van der Waals surface area contributed by atoms with E-state index in [1.165, 1.54) is 75.5 Å². The summed E-state index contributed by atoms with van der Waals surface area (Å²) in [4.78, 5) is 10.4. The summed E-state index contributed by atoms with van der Waals surface area (Å²) in [5.74, 6) is 0. The number of aryl methyl sites for hydroxylation is 2. The van der Waals surface area contributed by atoms with Crippen LogP contribution in [0, 0.1) is 13.8 Å². The maximum Gasteiger partial charge on any atom is 0.124 e. The molecular weight excluding hydrogens is 779 g/mol. The van der Waals surface area contributed by atoms with Crippen molar-refractivity contribution in [3.05, 3.63) is 199 Å². The van der Waals surface area contributed by atoms with Crippen LogP contribution in [0.15, 0.2) is 188 Å². The van der Waals surface area contributed by atoms with E-state index in [0.29, 0.717) is 0 Å². The van der Waals surface area contributed by atoms with E-state index in [0.717, 1.165) is 48.9 Å². The zero-order chi connectivity index (χ0) is 40.6. The third kappa shape index (κ3) is 6.16. The van der Waals surface area contributed by atoms with Crippen molar-refractivity contribution in [1.29, 1.82) is 0 Å². The minimum atomic E-state index is 1.02. The van der Waals surface area contributed by atoms with Crippen molar-refractivity contribution < 1.29 is 0 Å². The highest BCUT2D eigenvalue weighted by Crippen LogP contribution is 2.41. The highest BCUT2D eigenvalue weighted by Gasteiger charge is 2.18. The normalized spacial score (nSPS) is 11.8. The van der Waals surface area contributed by atoms with Crippen LogP contribution < -0.4 is 0 Å². The van der Waals surface area contributed by atoms with Gasteiger partial charge in [-0.2, -0.15) is 0 Å². The van der Waals surface area contributed by atoms with Gasteiger partial charge in [-0.3, -0.25) is 0 Å². The third-order valence-corrected chi connectivity index (χ3v) is 14.3. The van der Waals surface area contributed by atoms with Gasteiger partial charge < -0.3 is 4.57 Å². The molecule has 0 saturated heterocycles. The first-order valence-corrected chi connectivity index (χ1v) is 22.3. The number of hydrogen-bond acceptors (Lipinski definition) is 4. The summed E-state index contributed by atoms with van der Waals surface area (Å²) in [5, 5.41) is 6.92. The van der Waals surface area contributed by atoms with Gasteiger partial charge in [0.25, 0.3) is 0 Å². The van der Waals surface area contributed by atoms with Gasteiger partial charge in [0.05, 0.1) is 31.5 Å². The van der Waals surface area contributed by atoms with Crippen molar-refractivity contribution in [3.63, 3.8) is 0 Å². The Hall–Kier alpha value is -7.18. The molecule has 0 aliphatic rings. The standard InChI is InChI=1S/C56H37N3S2/c1-34-9-3-7-13-45(34)40-19-25-49-53(32-40)60-55(57-49)42-21-27-51-47(30-42)48-31-43(56-58-50-26-20-41(33-54(50)61-56)46-14-8-4-10-35(46)2)22-28-52(48)59(51)44-23-17-37(18-24-44)39-16-15-36-11-5-6-12-38(36)29-39/h3-33H,1-2H3. The van der Waals surface area contributed by atoms with Gasteiger partial charge in [0.2, 0.25) is 0 Å². The molecule has 288 valence electrons. The molecule has 12 aromatic rings. The van der Waals surface area contributed by atoms with E-state index >= 15 is 0 Å². The summed E-state index contributed by atoms with van der Waals surface area (Å²) < 4.78 is 4.78. The molecule has 0 bridgehead atoms. The summed E-state index contributed by atoms with van der Waals surface area (Å²) in [7, 11) is 0. The number of nitrogens with zero attached hydrogens (tertiary/aromatic N) is 3. The molecule has 0 atom stereocenters. The van der Waals surface area contributed by atoms with Gasteiger partial charge in [-0.05, 0) is 148 Å². The lowest BCUT2D eigenvalue weighted by atomic mass is 10.0. The molecule has 61 heavy (non-hydrogen) atoms. The van der Waals surface area contributed by atoms with Crippen molar-refractivity contribution in [2.45, 2.75) is 13.8 Å². The molecule has 0 saturated carbocycles. The van der Waals surface area contributed by atoms with Gasteiger partial charge in [0.15, 0.2) is 0 Å². The van der Waals surface area contributed by atoms with Crippen LogP contribution in [-0.4, -0.2) is 14.5 Å². The number of benzene rings is 9. The molecule has 3 aromatic heterocycles. The average Bonchev–Trinajstić information content (AvgIpc) is 4.02. The fourth-order valence-electron chi connectivity index (χ4n) is 8.96. The Bertz CT molecular complexity index is 3500. The monoisotopic (exact) mass is 815 g/mol. The van der Waals surface area contributed by atoms with Gasteiger partial charge in [0.1, 0.15) is 10.0 Å². The van der Waals surface area contributed by atoms with Crippen LogP contribution in [0.3, 0.4) is 0 Å². The lowest BCUT2D eigenvalue weighted by molar-refractivity contribution is 1.18.